The Balaban J connectivity index is 4.02. The molecule has 0 saturated heterocycles. The highest BCUT2D eigenvalue weighted by Gasteiger charge is 2.26. The van der Waals surface area contributed by atoms with E-state index in [9.17, 15) is 19.0 Å². The number of unbranched alkanes of at least 4 members (excludes halogenated alkanes) is 22. The van der Waals surface area contributed by atoms with E-state index >= 15 is 0 Å². The first-order valence-corrected chi connectivity index (χ1v) is 26.9. The third-order valence-electron chi connectivity index (χ3n) is 10.6. The minimum absolute atomic E-state index is 0.0490. The molecule has 0 spiro atoms. The second kappa shape index (κ2) is 48.9. The Morgan fingerprint density at radius 3 is 1.30 bits per heavy atom. The van der Waals surface area contributed by atoms with Crippen LogP contribution in [0.3, 0.4) is 0 Å². The number of nitrogens with two attached hydrogens (primary N) is 1. The lowest BCUT2D eigenvalue weighted by molar-refractivity contribution is -0.161. The topological polar surface area (TPSA) is 134 Å². The molecule has 2 atom stereocenters. The average molecular weight is 904 g/mol. The van der Waals surface area contributed by atoms with Gasteiger partial charge in [0.25, 0.3) is 0 Å². The van der Waals surface area contributed by atoms with Gasteiger partial charge in [0.15, 0.2) is 6.10 Å². The van der Waals surface area contributed by atoms with Crippen molar-refractivity contribution in [3.63, 3.8) is 0 Å². The molecule has 0 bridgehead atoms. The molecule has 0 saturated carbocycles. The molecule has 364 valence electrons. The van der Waals surface area contributed by atoms with E-state index in [4.69, 9.17) is 24.3 Å². The third-order valence-corrected chi connectivity index (χ3v) is 11.6. The highest BCUT2D eigenvalue weighted by atomic mass is 31.2. The van der Waals surface area contributed by atoms with Crippen LogP contribution in [0.2, 0.25) is 0 Å². The van der Waals surface area contributed by atoms with Gasteiger partial charge in [0.1, 0.15) is 6.61 Å². The SMILES string of the molecule is CC/C=C\C/C=C\C/C=C\C/C=C\CCCCCCCCCCCCCCCCC(=O)OC(COC(=O)CCCCCCC/C=C\C/C=C\CCCCC)COP(=O)(O)OCCN. The van der Waals surface area contributed by atoms with Crippen LogP contribution in [0.1, 0.15) is 219 Å². The van der Waals surface area contributed by atoms with Crippen LogP contribution in [0.5, 0.6) is 0 Å². The summed E-state index contributed by atoms with van der Waals surface area (Å²) >= 11 is 0. The molecule has 0 aromatic carbocycles. The minimum atomic E-state index is -4.39. The van der Waals surface area contributed by atoms with Gasteiger partial charge in [-0.1, -0.05) is 196 Å². The minimum Gasteiger partial charge on any atom is -0.462 e. The zero-order chi connectivity index (χ0) is 46.0. The molecule has 0 radical (unpaired) electrons. The van der Waals surface area contributed by atoms with E-state index in [1.54, 1.807) is 0 Å². The van der Waals surface area contributed by atoms with Crippen molar-refractivity contribution >= 4 is 19.8 Å². The predicted molar refractivity (Wildman–Crippen MR) is 266 cm³/mol. The number of phosphoric acid groups is 1. The second-order valence-electron chi connectivity index (χ2n) is 16.7. The second-order valence-corrected chi connectivity index (χ2v) is 18.1. The van der Waals surface area contributed by atoms with Crippen LogP contribution in [-0.4, -0.2) is 49.3 Å². The highest BCUT2D eigenvalue weighted by molar-refractivity contribution is 7.47. The molecule has 63 heavy (non-hydrogen) atoms. The first kappa shape index (κ1) is 60.5. The fourth-order valence-electron chi connectivity index (χ4n) is 6.83. The number of carbonyl (C=O) groups is 2. The van der Waals surface area contributed by atoms with Gasteiger partial charge < -0.3 is 20.1 Å². The van der Waals surface area contributed by atoms with Gasteiger partial charge in [0.2, 0.25) is 0 Å². The largest absolute Gasteiger partial charge is 0.472 e. The van der Waals surface area contributed by atoms with Gasteiger partial charge in [0.05, 0.1) is 13.2 Å². The van der Waals surface area contributed by atoms with Gasteiger partial charge in [-0.05, 0) is 83.5 Å². The number of esters is 2. The summed E-state index contributed by atoms with van der Waals surface area (Å²) in [7, 11) is -4.39. The van der Waals surface area contributed by atoms with Gasteiger partial charge in [-0.2, -0.15) is 0 Å². The number of ether oxygens (including phenoxy) is 2. The number of allylic oxidation sites excluding steroid dienone is 12. The van der Waals surface area contributed by atoms with Crippen LogP contribution in [0.25, 0.3) is 0 Å². The van der Waals surface area contributed by atoms with E-state index in [1.165, 1.54) is 96.3 Å². The summed E-state index contributed by atoms with van der Waals surface area (Å²) in [4.78, 5) is 35.0. The Hall–Kier alpha value is -2.55. The van der Waals surface area contributed by atoms with Crippen molar-refractivity contribution < 1.29 is 37.6 Å². The van der Waals surface area contributed by atoms with Crippen molar-refractivity contribution in [2.24, 2.45) is 5.73 Å². The van der Waals surface area contributed by atoms with E-state index in [1.807, 2.05) is 0 Å². The van der Waals surface area contributed by atoms with Crippen LogP contribution < -0.4 is 5.73 Å². The monoisotopic (exact) mass is 904 g/mol. The molecule has 0 fully saturated rings. The molecular weight excluding hydrogens is 810 g/mol. The maximum Gasteiger partial charge on any atom is 0.472 e. The molecule has 3 N–H and O–H groups in total. The molecule has 0 aromatic heterocycles. The van der Waals surface area contributed by atoms with Gasteiger partial charge in [0, 0.05) is 19.4 Å². The third kappa shape index (κ3) is 48.7. The summed E-state index contributed by atoms with van der Waals surface area (Å²) in [6.07, 6.45) is 60.8. The van der Waals surface area contributed by atoms with Crippen LogP contribution >= 0.6 is 7.82 Å². The first-order valence-electron chi connectivity index (χ1n) is 25.4. The Morgan fingerprint density at radius 2 is 0.873 bits per heavy atom. The highest BCUT2D eigenvalue weighted by Crippen LogP contribution is 2.43. The molecule has 9 nitrogen and oxygen atoms in total. The first-order chi connectivity index (χ1) is 30.8. The molecule has 0 aliphatic carbocycles. The lowest BCUT2D eigenvalue weighted by Crippen LogP contribution is -2.29. The standard InChI is InChI=1S/C53H94NO8P/c1-3-5-7-9-11-13-15-17-19-20-21-22-23-24-25-26-27-28-29-30-32-34-36-38-40-42-44-46-53(56)62-51(50-61-63(57,58)60-48-47-54)49-59-52(55)45-43-41-39-37-35-33-31-18-16-14-12-10-8-6-4-2/h5,7,11-14,17-19,21-22,31,51H,3-4,6,8-10,15-16,20,23-30,32-50,54H2,1-2H3,(H,57,58)/b7-5-,13-11-,14-12-,19-17-,22-21-,31-18-. The molecule has 10 heteroatoms. The van der Waals surface area contributed by atoms with Crippen molar-refractivity contribution in [1.82, 2.24) is 0 Å². The quantitative estimate of drug-likeness (QED) is 0.0265. The normalized spacial score (nSPS) is 13.8. The number of hydrogen-bond acceptors (Lipinski definition) is 8. The molecule has 0 amide bonds. The van der Waals surface area contributed by atoms with Crippen LogP contribution in [0.4, 0.5) is 0 Å². The number of rotatable bonds is 47. The number of phosphoric ester groups is 1. The molecule has 0 aliphatic rings. The predicted octanol–water partition coefficient (Wildman–Crippen LogP) is 15.4. The zero-order valence-electron chi connectivity index (χ0n) is 40.3. The van der Waals surface area contributed by atoms with Crippen LogP contribution in [-0.2, 0) is 32.7 Å². The molecule has 0 heterocycles. The molecular formula is C53H94NO8P. The van der Waals surface area contributed by atoms with Crippen molar-refractivity contribution in [1.29, 1.82) is 0 Å². The van der Waals surface area contributed by atoms with Crippen LogP contribution in [0.15, 0.2) is 72.9 Å². The van der Waals surface area contributed by atoms with Crippen molar-refractivity contribution in [3.8, 4) is 0 Å². The smallest absolute Gasteiger partial charge is 0.462 e. The van der Waals surface area contributed by atoms with Gasteiger partial charge in [-0.15, -0.1) is 0 Å². The number of hydrogen-bond donors (Lipinski definition) is 2. The Morgan fingerprint density at radius 1 is 0.492 bits per heavy atom. The maximum absolute atomic E-state index is 12.7. The van der Waals surface area contributed by atoms with E-state index in [0.29, 0.717) is 12.8 Å². The zero-order valence-corrected chi connectivity index (χ0v) is 41.2. The molecule has 0 rings (SSSR count). The van der Waals surface area contributed by atoms with E-state index in [2.05, 4.69) is 86.8 Å². The molecule has 0 aromatic rings. The van der Waals surface area contributed by atoms with E-state index in [-0.39, 0.29) is 32.6 Å². The fourth-order valence-corrected chi connectivity index (χ4v) is 7.60. The van der Waals surface area contributed by atoms with Crippen molar-refractivity contribution in [3.05, 3.63) is 72.9 Å². The van der Waals surface area contributed by atoms with Gasteiger partial charge >= 0.3 is 19.8 Å². The maximum atomic E-state index is 12.7. The lowest BCUT2D eigenvalue weighted by Gasteiger charge is -2.19. The fraction of sp³-hybridized carbons (Fsp3) is 0.736. The van der Waals surface area contributed by atoms with Gasteiger partial charge in [-0.3, -0.25) is 18.6 Å². The Bertz CT molecular complexity index is 1260. The summed E-state index contributed by atoms with van der Waals surface area (Å²) in [5.74, 6) is -0.844. The molecule has 0 aliphatic heterocycles. The Kier molecular flexibility index (Phi) is 46.9. The Labute approximate surface area is 386 Å². The summed E-state index contributed by atoms with van der Waals surface area (Å²) in [5, 5.41) is 0. The molecule has 2 unspecified atom stereocenters. The van der Waals surface area contributed by atoms with Crippen molar-refractivity contribution in [2.45, 2.75) is 225 Å². The lowest BCUT2D eigenvalue weighted by atomic mass is 10.0. The summed E-state index contributed by atoms with van der Waals surface area (Å²) in [6.45, 7) is 3.59. The average Bonchev–Trinajstić information content (AvgIpc) is 3.27. The summed E-state index contributed by atoms with van der Waals surface area (Å²) in [6, 6.07) is 0. The number of carbonyl (C=O) groups excluding carboxylic acids is 2. The van der Waals surface area contributed by atoms with Crippen molar-refractivity contribution in [2.75, 3.05) is 26.4 Å². The van der Waals surface area contributed by atoms with E-state index < -0.39 is 32.5 Å². The summed E-state index contributed by atoms with van der Waals surface area (Å²) < 4.78 is 32.9. The summed E-state index contributed by atoms with van der Waals surface area (Å²) in [5.41, 5.74) is 5.36. The van der Waals surface area contributed by atoms with E-state index in [0.717, 1.165) is 83.5 Å². The van der Waals surface area contributed by atoms with Crippen LogP contribution in [0, 0.1) is 0 Å². The van der Waals surface area contributed by atoms with Gasteiger partial charge in [-0.25, -0.2) is 4.57 Å².